The molecule has 5 rings (SSSR count). The summed E-state index contributed by atoms with van der Waals surface area (Å²) in [4.78, 5) is 0. The molecule has 0 N–H and O–H groups in total. The van der Waals surface area contributed by atoms with Crippen molar-refractivity contribution in [3.8, 4) is 0 Å². The topological polar surface area (TPSA) is 0 Å². The van der Waals surface area contributed by atoms with Crippen LogP contribution in [-0.2, 0) is 0 Å². The molecule has 0 heterocycles. The van der Waals surface area contributed by atoms with Gasteiger partial charge in [-0.25, -0.2) is 0 Å². The Labute approximate surface area is 122 Å². The predicted molar refractivity (Wildman–Crippen MR) is 88.1 cm³/mol. The minimum Gasteiger partial charge on any atom is -0.0949 e. The molecule has 0 heteroatoms. The van der Waals surface area contributed by atoms with Gasteiger partial charge in [0.05, 0.1) is 0 Å². The molecule has 0 amide bonds. The Morgan fingerprint density at radius 3 is 2.57 bits per heavy atom. The van der Waals surface area contributed by atoms with E-state index in [9.17, 15) is 0 Å². The van der Waals surface area contributed by atoms with Crippen molar-refractivity contribution >= 4 is 22.9 Å². The van der Waals surface area contributed by atoms with Crippen molar-refractivity contribution in [1.29, 1.82) is 0 Å². The van der Waals surface area contributed by atoms with Crippen molar-refractivity contribution in [3.63, 3.8) is 0 Å². The van der Waals surface area contributed by atoms with Crippen LogP contribution < -0.4 is 10.4 Å². The predicted octanol–water partition coefficient (Wildman–Crippen LogP) is 3.35. The van der Waals surface area contributed by atoms with E-state index in [0.29, 0.717) is 5.92 Å². The first-order valence-corrected chi connectivity index (χ1v) is 7.36. The molecule has 98 valence electrons. The largest absolute Gasteiger partial charge is 0.0949 e. The third-order valence-corrected chi connectivity index (χ3v) is 4.77. The van der Waals surface area contributed by atoms with Gasteiger partial charge < -0.3 is 0 Å². The summed E-state index contributed by atoms with van der Waals surface area (Å²) in [6.07, 6.45) is 4.61. The van der Waals surface area contributed by atoms with Crippen LogP contribution in [0.5, 0.6) is 0 Å². The fraction of sp³-hybridized carbons (Fsp3) is 0.0476. The van der Waals surface area contributed by atoms with Gasteiger partial charge >= 0.3 is 0 Å². The molecule has 0 aliphatic heterocycles. The van der Waals surface area contributed by atoms with Crippen LogP contribution >= 0.6 is 0 Å². The average Bonchev–Trinajstić information content (AvgIpc) is 2.53. The van der Waals surface area contributed by atoms with Crippen LogP contribution in [0.4, 0.5) is 0 Å². The maximum Gasteiger partial charge on any atom is 0.0285 e. The smallest absolute Gasteiger partial charge is 0.0285 e. The van der Waals surface area contributed by atoms with E-state index < -0.39 is 0 Å². The highest BCUT2D eigenvalue weighted by molar-refractivity contribution is 5.92. The summed E-state index contributed by atoms with van der Waals surface area (Å²) in [5, 5.41) is 8.06. The van der Waals surface area contributed by atoms with Crippen molar-refractivity contribution in [2.45, 2.75) is 5.92 Å². The molecule has 3 aromatic rings. The van der Waals surface area contributed by atoms with E-state index in [1.807, 2.05) is 0 Å². The van der Waals surface area contributed by atoms with E-state index in [0.717, 1.165) is 0 Å². The summed E-state index contributed by atoms with van der Waals surface area (Å²) in [7, 11) is 0. The van der Waals surface area contributed by atoms with Gasteiger partial charge in [0, 0.05) is 5.92 Å². The molecule has 21 heavy (non-hydrogen) atoms. The Hall–Kier alpha value is -2.60. The van der Waals surface area contributed by atoms with E-state index in [1.165, 1.54) is 42.8 Å². The fourth-order valence-electron chi connectivity index (χ4n) is 3.85. The van der Waals surface area contributed by atoms with Crippen molar-refractivity contribution in [2.24, 2.45) is 0 Å². The monoisotopic (exact) mass is 266 g/mol. The Balaban J connectivity index is 2.22. The molecular formula is C21H14. The highest BCUT2D eigenvalue weighted by atomic mass is 14.2. The minimum atomic E-state index is 0.313. The van der Waals surface area contributed by atoms with Crippen LogP contribution in [0.1, 0.15) is 11.5 Å². The molecule has 0 aromatic heterocycles. The van der Waals surface area contributed by atoms with Crippen molar-refractivity contribution < 1.29 is 0 Å². The molecule has 0 radical (unpaired) electrons. The zero-order valence-corrected chi connectivity index (χ0v) is 11.6. The Bertz CT molecular complexity index is 1150. The molecule has 1 unspecified atom stereocenters. The molecule has 0 saturated carbocycles. The van der Waals surface area contributed by atoms with E-state index >= 15 is 0 Å². The summed E-state index contributed by atoms with van der Waals surface area (Å²) >= 11 is 0. The van der Waals surface area contributed by atoms with E-state index in [4.69, 9.17) is 0 Å². The summed E-state index contributed by atoms with van der Waals surface area (Å²) < 4.78 is 0. The Morgan fingerprint density at radius 1 is 0.762 bits per heavy atom. The molecule has 3 aromatic carbocycles. The quantitative estimate of drug-likeness (QED) is 0.585. The lowest BCUT2D eigenvalue weighted by atomic mass is 9.79. The zero-order chi connectivity index (χ0) is 14.0. The second-order valence-electron chi connectivity index (χ2n) is 5.92. The molecule has 0 fully saturated rings. The number of benzene rings is 3. The molecule has 0 saturated heterocycles. The maximum atomic E-state index is 4.31. The van der Waals surface area contributed by atoms with Gasteiger partial charge in [0.2, 0.25) is 0 Å². The summed E-state index contributed by atoms with van der Waals surface area (Å²) in [6, 6.07) is 19.7. The van der Waals surface area contributed by atoms with Gasteiger partial charge in [0.1, 0.15) is 0 Å². The average molecular weight is 266 g/mol. The molecule has 2 aliphatic carbocycles. The van der Waals surface area contributed by atoms with Crippen LogP contribution in [0.2, 0.25) is 0 Å². The fourth-order valence-corrected chi connectivity index (χ4v) is 3.85. The number of allylic oxidation sites excluding steroid dienone is 1. The molecule has 2 aliphatic rings. The van der Waals surface area contributed by atoms with E-state index in [-0.39, 0.29) is 0 Å². The zero-order valence-electron chi connectivity index (χ0n) is 11.6. The van der Waals surface area contributed by atoms with Gasteiger partial charge in [0.15, 0.2) is 0 Å². The lowest BCUT2D eigenvalue weighted by Gasteiger charge is -2.24. The van der Waals surface area contributed by atoms with Crippen LogP contribution in [0.3, 0.4) is 0 Å². The van der Waals surface area contributed by atoms with Gasteiger partial charge in [0.25, 0.3) is 0 Å². The first-order chi connectivity index (χ1) is 10.3. The van der Waals surface area contributed by atoms with Crippen LogP contribution in [0.25, 0.3) is 22.9 Å². The molecular weight excluding hydrogens is 252 g/mol. The van der Waals surface area contributed by atoms with Crippen molar-refractivity contribution in [1.82, 2.24) is 0 Å². The molecule has 0 nitrogen and oxygen atoms in total. The SMILES string of the molecule is C=C1C=c2cccc3ccc4c(c23)C1C=c1ccccc1=4. The molecule has 0 spiro atoms. The van der Waals surface area contributed by atoms with Crippen molar-refractivity contribution in [2.75, 3.05) is 0 Å². The summed E-state index contributed by atoms with van der Waals surface area (Å²) in [6.45, 7) is 4.31. The Morgan fingerprint density at radius 2 is 1.62 bits per heavy atom. The van der Waals surface area contributed by atoms with Gasteiger partial charge in [-0.05, 0) is 42.8 Å². The minimum absolute atomic E-state index is 0.313. The number of hydrogen-bond acceptors (Lipinski definition) is 0. The van der Waals surface area contributed by atoms with Crippen LogP contribution in [-0.4, -0.2) is 0 Å². The standard InChI is InChI=1S/C21H14/c1-13-11-16-7-4-6-14-9-10-18-17-8-3-2-5-15(17)12-19(13)21(18)20(14)16/h2-12,19H,1H2. The third-order valence-electron chi connectivity index (χ3n) is 4.77. The lowest BCUT2D eigenvalue weighted by molar-refractivity contribution is 1.06. The second-order valence-corrected chi connectivity index (χ2v) is 5.92. The third kappa shape index (κ3) is 1.34. The maximum absolute atomic E-state index is 4.31. The van der Waals surface area contributed by atoms with Gasteiger partial charge in [-0.2, -0.15) is 0 Å². The highest BCUT2D eigenvalue weighted by Gasteiger charge is 2.22. The number of rotatable bonds is 0. The summed E-state index contributed by atoms with van der Waals surface area (Å²) in [5.74, 6) is 0.313. The lowest BCUT2D eigenvalue weighted by Crippen LogP contribution is -2.20. The molecule has 0 bridgehead atoms. The normalized spacial score (nSPS) is 17.9. The van der Waals surface area contributed by atoms with Gasteiger partial charge in [-0.1, -0.05) is 73.3 Å². The summed E-state index contributed by atoms with van der Waals surface area (Å²) in [5.41, 5.74) is 2.63. The Kier molecular flexibility index (Phi) is 1.97. The van der Waals surface area contributed by atoms with Crippen LogP contribution in [0, 0.1) is 10.4 Å². The number of hydrogen-bond donors (Lipinski definition) is 0. The first-order valence-electron chi connectivity index (χ1n) is 7.36. The van der Waals surface area contributed by atoms with E-state index in [2.05, 4.69) is 73.3 Å². The number of fused-ring (bicyclic) bond motifs is 1. The van der Waals surface area contributed by atoms with Gasteiger partial charge in [-0.3, -0.25) is 0 Å². The molecule has 1 atom stereocenters. The highest BCUT2D eigenvalue weighted by Crippen LogP contribution is 2.35. The first kappa shape index (κ1) is 11.1. The van der Waals surface area contributed by atoms with Gasteiger partial charge in [-0.15, -0.1) is 0 Å². The second kappa shape index (κ2) is 3.73. The van der Waals surface area contributed by atoms with E-state index in [1.54, 1.807) is 0 Å². The van der Waals surface area contributed by atoms with Crippen LogP contribution in [0.15, 0.2) is 66.7 Å². The van der Waals surface area contributed by atoms with Crippen molar-refractivity contribution in [3.05, 3.63) is 93.2 Å².